The molecule has 2 N–H and O–H groups in total. The Kier molecular flexibility index (Phi) is 4.63. The van der Waals surface area contributed by atoms with Crippen LogP contribution in [-0.2, 0) is 0 Å². The molecule has 0 saturated carbocycles. The van der Waals surface area contributed by atoms with Gasteiger partial charge < -0.3 is 20.1 Å². The molecule has 0 aliphatic carbocycles. The molecule has 0 unspecified atom stereocenters. The lowest BCUT2D eigenvalue weighted by molar-refractivity contribution is 0.143. The minimum Gasteiger partial charge on any atom is -0.495 e. The summed E-state index contributed by atoms with van der Waals surface area (Å²) < 4.78 is 5.20. The number of para-hydroxylation sites is 2. The van der Waals surface area contributed by atoms with E-state index in [0.29, 0.717) is 30.4 Å². The van der Waals surface area contributed by atoms with Crippen LogP contribution in [0.15, 0.2) is 24.3 Å². The summed E-state index contributed by atoms with van der Waals surface area (Å²) in [5, 5.41) is 11.9. The van der Waals surface area contributed by atoms with E-state index < -0.39 is 0 Å². The summed E-state index contributed by atoms with van der Waals surface area (Å²) in [6.45, 7) is 1.58. The maximum atomic E-state index is 12.1. The first-order valence-corrected chi connectivity index (χ1v) is 6.54. The van der Waals surface area contributed by atoms with Crippen LogP contribution in [0.2, 0.25) is 0 Å². The monoisotopic (exact) mass is 264 g/mol. The Bertz CT molecular complexity index is 428. The number of hydrogen-bond acceptors (Lipinski definition) is 3. The average molecular weight is 264 g/mol. The van der Waals surface area contributed by atoms with Crippen molar-refractivity contribution in [3.63, 3.8) is 0 Å². The lowest BCUT2D eigenvalue weighted by Crippen LogP contribution is -2.41. The second kappa shape index (κ2) is 6.43. The number of benzene rings is 1. The quantitative estimate of drug-likeness (QED) is 0.877. The van der Waals surface area contributed by atoms with Gasteiger partial charge in [-0.3, -0.25) is 0 Å². The van der Waals surface area contributed by atoms with Gasteiger partial charge >= 0.3 is 6.03 Å². The Labute approximate surface area is 113 Å². The number of carbonyl (C=O) groups is 1. The number of ether oxygens (including phenoxy) is 1. The molecule has 1 aromatic rings. The normalized spacial score (nSPS) is 16.2. The van der Waals surface area contributed by atoms with E-state index in [0.717, 1.165) is 12.8 Å². The molecule has 0 bridgehead atoms. The third-order valence-electron chi connectivity index (χ3n) is 3.51. The topological polar surface area (TPSA) is 61.8 Å². The zero-order valence-corrected chi connectivity index (χ0v) is 11.1. The van der Waals surface area contributed by atoms with Gasteiger partial charge in [0.1, 0.15) is 5.75 Å². The van der Waals surface area contributed by atoms with Crippen LogP contribution in [0.1, 0.15) is 12.8 Å². The van der Waals surface area contributed by atoms with E-state index in [2.05, 4.69) is 5.32 Å². The van der Waals surface area contributed by atoms with Crippen LogP contribution in [-0.4, -0.2) is 42.8 Å². The highest BCUT2D eigenvalue weighted by molar-refractivity contribution is 5.91. The molecule has 1 saturated heterocycles. The number of anilines is 1. The maximum Gasteiger partial charge on any atom is 0.321 e. The first-order valence-electron chi connectivity index (χ1n) is 6.54. The van der Waals surface area contributed by atoms with Gasteiger partial charge in [-0.15, -0.1) is 0 Å². The largest absolute Gasteiger partial charge is 0.495 e. The molecule has 0 atom stereocenters. The molecule has 1 heterocycles. The third kappa shape index (κ3) is 3.38. The number of piperidine rings is 1. The molecule has 1 aliphatic rings. The molecule has 2 amide bonds. The van der Waals surface area contributed by atoms with E-state index in [4.69, 9.17) is 9.84 Å². The lowest BCUT2D eigenvalue weighted by atomic mass is 9.98. The van der Waals surface area contributed by atoms with Crippen LogP contribution in [0.25, 0.3) is 0 Å². The molecule has 1 fully saturated rings. The Morgan fingerprint density at radius 3 is 2.74 bits per heavy atom. The Hall–Kier alpha value is -1.75. The molecule has 5 nitrogen and oxygen atoms in total. The number of hydrogen-bond donors (Lipinski definition) is 2. The highest BCUT2D eigenvalue weighted by Crippen LogP contribution is 2.24. The number of amides is 2. The number of methoxy groups -OCH3 is 1. The fourth-order valence-corrected chi connectivity index (χ4v) is 2.26. The van der Waals surface area contributed by atoms with Crippen LogP contribution >= 0.6 is 0 Å². The Morgan fingerprint density at radius 2 is 2.11 bits per heavy atom. The number of likely N-dealkylation sites (tertiary alicyclic amines) is 1. The van der Waals surface area contributed by atoms with Crippen molar-refractivity contribution in [1.82, 2.24) is 4.90 Å². The predicted molar refractivity (Wildman–Crippen MR) is 73.4 cm³/mol. The first-order chi connectivity index (χ1) is 9.24. The molecule has 1 aromatic carbocycles. The molecular formula is C14H20N2O3. The van der Waals surface area contributed by atoms with Gasteiger partial charge in [-0.1, -0.05) is 12.1 Å². The van der Waals surface area contributed by atoms with E-state index in [-0.39, 0.29) is 12.6 Å². The van der Waals surface area contributed by atoms with Crippen molar-refractivity contribution in [3.8, 4) is 5.75 Å². The van der Waals surface area contributed by atoms with Crippen LogP contribution < -0.4 is 10.1 Å². The fourth-order valence-electron chi connectivity index (χ4n) is 2.26. The van der Waals surface area contributed by atoms with Crippen molar-refractivity contribution in [3.05, 3.63) is 24.3 Å². The number of carbonyl (C=O) groups excluding carboxylic acids is 1. The van der Waals surface area contributed by atoms with E-state index in [1.165, 1.54) is 0 Å². The molecule has 104 valence electrons. The van der Waals surface area contributed by atoms with Gasteiger partial charge in [0, 0.05) is 19.7 Å². The molecule has 0 aromatic heterocycles. The maximum absolute atomic E-state index is 12.1. The number of urea groups is 1. The zero-order valence-electron chi connectivity index (χ0n) is 11.1. The molecule has 5 heteroatoms. The number of aliphatic hydroxyl groups is 1. The van der Waals surface area contributed by atoms with Crippen LogP contribution in [0.4, 0.5) is 10.5 Å². The van der Waals surface area contributed by atoms with Crippen molar-refractivity contribution in [1.29, 1.82) is 0 Å². The van der Waals surface area contributed by atoms with Crippen molar-refractivity contribution in [2.24, 2.45) is 5.92 Å². The highest BCUT2D eigenvalue weighted by Gasteiger charge is 2.22. The summed E-state index contributed by atoms with van der Waals surface area (Å²) in [5.41, 5.74) is 0.680. The number of aliphatic hydroxyl groups excluding tert-OH is 1. The smallest absolute Gasteiger partial charge is 0.321 e. The zero-order chi connectivity index (χ0) is 13.7. The summed E-state index contributed by atoms with van der Waals surface area (Å²) in [6.07, 6.45) is 1.71. The van der Waals surface area contributed by atoms with E-state index in [9.17, 15) is 4.79 Å². The molecule has 19 heavy (non-hydrogen) atoms. The van der Waals surface area contributed by atoms with Crippen molar-refractivity contribution >= 4 is 11.7 Å². The van der Waals surface area contributed by atoms with Crippen molar-refractivity contribution in [2.75, 3.05) is 32.1 Å². The van der Waals surface area contributed by atoms with Crippen molar-refractivity contribution < 1.29 is 14.6 Å². The van der Waals surface area contributed by atoms with E-state index in [1.807, 2.05) is 24.3 Å². The van der Waals surface area contributed by atoms with E-state index in [1.54, 1.807) is 12.0 Å². The molecule has 0 spiro atoms. The van der Waals surface area contributed by atoms with Gasteiger partial charge in [0.25, 0.3) is 0 Å². The number of nitrogens with one attached hydrogen (secondary N) is 1. The van der Waals surface area contributed by atoms with Gasteiger partial charge in [-0.2, -0.15) is 0 Å². The number of rotatable bonds is 3. The molecule has 2 rings (SSSR count). The van der Waals surface area contributed by atoms with E-state index >= 15 is 0 Å². The standard InChI is InChI=1S/C14H20N2O3/c1-19-13-5-3-2-4-12(13)15-14(18)16-8-6-11(10-17)7-9-16/h2-5,11,17H,6-10H2,1H3,(H,15,18). The molecule has 1 aliphatic heterocycles. The minimum atomic E-state index is -0.110. The lowest BCUT2D eigenvalue weighted by Gasteiger charge is -2.31. The summed E-state index contributed by atoms with van der Waals surface area (Å²) >= 11 is 0. The summed E-state index contributed by atoms with van der Waals surface area (Å²) in [6, 6.07) is 7.24. The molecular weight excluding hydrogens is 244 g/mol. The minimum absolute atomic E-state index is 0.110. The summed E-state index contributed by atoms with van der Waals surface area (Å²) in [4.78, 5) is 13.9. The fraction of sp³-hybridized carbons (Fsp3) is 0.500. The highest BCUT2D eigenvalue weighted by atomic mass is 16.5. The summed E-state index contributed by atoms with van der Waals surface area (Å²) in [7, 11) is 1.58. The Morgan fingerprint density at radius 1 is 1.42 bits per heavy atom. The molecule has 0 radical (unpaired) electrons. The van der Waals surface area contributed by atoms with Crippen LogP contribution in [0, 0.1) is 5.92 Å². The van der Waals surface area contributed by atoms with Gasteiger partial charge in [0.15, 0.2) is 0 Å². The summed E-state index contributed by atoms with van der Waals surface area (Å²) in [5.74, 6) is 0.983. The average Bonchev–Trinajstić information content (AvgIpc) is 2.48. The second-order valence-electron chi connectivity index (χ2n) is 4.74. The van der Waals surface area contributed by atoms with Gasteiger partial charge in [0.05, 0.1) is 12.8 Å². The van der Waals surface area contributed by atoms with Gasteiger partial charge in [0.2, 0.25) is 0 Å². The van der Waals surface area contributed by atoms with Crippen LogP contribution in [0.3, 0.4) is 0 Å². The third-order valence-corrected chi connectivity index (χ3v) is 3.51. The first kappa shape index (κ1) is 13.7. The van der Waals surface area contributed by atoms with Gasteiger partial charge in [-0.05, 0) is 30.9 Å². The van der Waals surface area contributed by atoms with Crippen molar-refractivity contribution in [2.45, 2.75) is 12.8 Å². The van der Waals surface area contributed by atoms with Crippen LogP contribution in [0.5, 0.6) is 5.75 Å². The van der Waals surface area contributed by atoms with Gasteiger partial charge in [-0.25, -0.2) is 4.79 Å². The second-order valence-corrected chi connectivity index (χ2v) is 4.74. The Balaban J connectivity index is 1.94. The predicted octanol–water partition coefficient (Wildman–Crippen LogP) is 1.93. The SMILES string of the molecule is COc1ccccc1NC(=O)N1CCC(CO)CC1. The number of nitrogens with zero attached hydrogens (tertiary/aromatic N) is 1.